The molecule has 136 valence electrons. The van der Waals surface area contributed by atoms with Gasteiger partial charge >= 0.3 is 6.18 Å². The molecule has 2 aromatic heterocycles. The van der Waals surface area contributed by atoms with Crippen molar-refractivity contribution in [3.8, 4) is 0 Å². The average molecular weight is 384 g/mol. The van der Waals surface area contributed by atoms with Crippen LogP contribution in [0.4, 0.5) is 13.2 Å². The number of alkyl halides is 3. The van der Waals surface area contributed by atoms with Crippen LogP contribution in [0.3, 0.4) is 0 Å². The molecule has 0 saturated carbocycles. The molecule has 0 unspecified atom stereocenters. The Labute approximate surface area is 150 Å². The lowest BCUT2D eigenvalue weighted by Gasteiger charge is -2.34. The number of benzene rings is 1. The number of halogens is 4. The molecule has 0 fully saturated rings. The van der Waals surface area contributed by atoms with Crippen LogP contribution in [0.25, 0.3) is 11.0 Å². The fourth-order valence-electron chi connectivity index (χ4n) is 3.17. The van der Waals surface area contributed by atoms with Crippen LogP contribution < -0.4 is 0 Å². The molecule has 6 nitrogen and oxygen atoms in total. The number of rotatable bonds is 1. The molecule has 1 aliphatic rings. The van der Waals surface area contributed by atoms with Crippen molar-refractivity contribution in [2.45, 2.75) is 32.2 Å². The molecule has 10 heteroatoms. The lowest BCUT2D eigenvalue weighted by molar-refractivity contribution is -0.148. The monoisotopic (exact) mass is 383 g/mol. The maximum Gasteiger partial charge on any atom is 0.449 e. The number of aromatic amines is 1. The Hall–Kier alpha value is -2.55. The Bertz CT molecular complexity index is 1010. The molecule has 0 spiro atoms. The van der Waals surface area contributed by atoms with Crippen LogP contribution in [0, 0.1) is 0 Å². The van der Waals surface area contributed by atoms with Crippen LogP contribution in [0.15, 0.2) is 24.4 Å². The van der Waals surface area contributed by atoms with Crippen molar-refractivity contribution in [3.05, 3.63) is 46.8 Å². The number of nitrogens with one attached hydrogen (secondary N) is 1. The molecule has 1 atom stereocenters. The molecular weight excluding hydrogens is 371 g/mol. The van der Waals surface area contributed by atoms with Gasteiger partial charge in [-0.2, -0.15) is 13.2 Å². The van der Waals surface area contributed by atoms with Gasteiger partial charge in [-0.3, -0.25) is 4.79 Å². The number of amides is 1. The van der Waals surface area contributed by atoms with Crippen LogP contribution >= 0.6 is 11.6 Å². The third-order valence-corrected chi connectivity index (χ3v) is 4.73. The first-order valence-corrected chi connectivity index (χ1v) is 8.20. The minimum absolute atomic E-state index is 0.0108. The highest BCUT2D eigenvalue weighted by atomic mass is 35.5. The van der Waals surface area contributed by atoms with Gasteiger partial charge in [-0.1, -0.05) is 17.7 Å². The molecule has 4 rings (SSSR count). The lowest BCUT2D eigenvalue weighted by Crippen LogP contribution is -2.45. The number of carbonyl (C=O) groups is 1. The molecule has 0 bridgehead atoms. The summed E-state index contributed by atoms with van der Waals surface area (Å²) in [4.78, 5) is 25.0. The maximum absolute atomic E-state index is 13.0. The van der Waals surface area contributed by atoms with E-state index in [1.807, 2.05) is 0 Å². The largest absolute Gasteiger partial charge is 0.449 e. The molecule has 3 heterocycles. The summed E-state index contributed by atoms with van der Waals surface area (Å²) in [6.07, 6.45) is -3.37. The van der Waals surface area contributed by atoms with Gasteiger partial charge in [0.25, 0.3) is 5.91 Å². The summed E-state index contributed by atoms with van der Waals surface area (Å²) in [7, 11) is 0. The Morgan fingerprint density at radius 2 is 2.15 bits per heavy atom. The van der Waals surface area contributed by atoms with Crippen molar-refractivity contribution in [2.24, 2.45) is 0 Å². The highest BCUT2D eigenvalue weighted by Crippen LogP contribution is 2.32. The van der Waals surface area contributed by atoms with Crippen molar-refractivity contribution >= 4 is 28.5 Å². The van der Waals surface area contributed by atoms with Crippen LogP contribution in [-0.2, 0) is 19.3 Å². The van der Waals surface area contributed by atoms with Crippen LogP contribution in [0.5, 0.6) is 0 Å². The van der Waals surface area contributed by atoms with Crippen molar-refractivity contribution in [2.75, 3.05) is 0 Å². The fraction of sp³-hybridized carbons (Fsp3) is 0.312. The van der Waals surface area contributed by atoms with E-state index in [2.05, 4.69) is 15.0 Å². The summed E-state index contributed by atoms with van der Waals surface area (Å²) < 4.78 is 40.2. The van der Waals surface area contributed by atoms with Gasteiger partial charge in [-0.05, 0) is 19.1 Å². The van der Waals surface area contributed by atoms with E-state index in [0.717, 1.165) is 10.8 Å². The molecule has 3 aromatic rings. The molecule has 26 heavy (non-hydrogen) atoms. The van der Waals surface area contributed by atoms with Gasteiger partial charge in [0.15, 0.2) is 5.82 Å². The van der Waals surface area contributed by atoms with E-state index >= 15 is 0 Å². The first-order valence-electron chi connectivity index (χ1n) is 7.82. The van der Waals surface area contributed by atoms with E-state index in [1.54, 1.807) is 25.1 Å². The SMILES string of the molecule is C[C@@H]1Cn2c(cnc2C(F)(F)F)CN1C(=O)c1nc2c(Cl)cccc2[nH]1. The second kappa shape index (κ2) is 5.73. The predicted molar refractivity (Wildman–Crippen MR) is 87.7 cm³/mol. The second-order valence-electron chi connectivity index (χ2n) is 6.18. The summed E-state index contributed by atoms with van der Waals surface area (Å²) in [5.74, 6) is -1.24. The summed E-state index contributed by atoms with van der Waals surface area (Å²) in [6.45, 7) is 1.72. The number of carbonyl (C=O) groups excluding carboxylic acids is 1. The van der Waals surface area contributed by atoms with Crippen LogP contribution in [0.2, 0.25) is 5.02 Å². The van der Waals surface area contributed by atoms with E-state index in [0.29, 0.717) is 21.7 Å². The Morgan fingerprint density at radius 3 is 2.85 bits per heavy atom. The number of hydrogen-bond donors (Lipinski definition) is 1. The number of para-hydroxylation sites is 1. The summed E-state index contributed by atoms with van der Waals surface area (Å²) in [5.41, 5.74) is 1.43. The van der Waals surface area contributed by atoms with Gasteiger partial charge < -0.3 is 14.5 Å². The molecule has 1 N–H and O–H groups in total. The molecule has 0 aliphatic carbocycles. The minimum Gasteiger partial charge on any atom is -0.334 e. The van der Waals surface area contributed by atoms with Gasteiger partial charge in [0.1, 0.15) is 5.52 Å². The number of imidazole rings is 2. The van der Waals surface area contributed by atoms with Crippen molar-refractivity contribution < 1.29 is 18.0 Å². The van der Waals surface area contributed by atoms with Crippen molar-refractivity contribution in [1.82, 2.24) is 24.4 Å². The van der Waals surface area contributed by atoms with Gasteiger partial charge in [0.2, 0.25) is 5.82 Å². The summed E-state index contributed by atoms with van der Waals surface area (Å²) in [5, 5.41) is 0.414. The van der Waals surface area contributed by atoms with Crippen molar-refractivity contribution in [1.29, 1.82) is 0 Å². The zero-order chi connectivity index (χ0) is 18.6. The topological polar surface area (TPSA) is 66.8 Å². The molecule has 0 radical (unpaired) electrons. The van der Waals surface area contributed by atoms with E-state index in [1.165, 1.54) is 4.90 Å². The third kappa shape index (κ3) is 2.63. The van der Waals surface area contributed by atoms with Gasteiger partial charge in [-0.25, -0.2) is 9.97 Å². The van der Waals surface area contributed by atoms with E-state index < -0.39 is 23.9 Å². The van der Waals surface area contributed by atoms with Gasteiger partial charge in [0.05, 0.1) is 29.0 Å². The van der Waals surface area contributed by atoms with E-state index in [-0.39, 0.29) is 18.9 Å². The van der Waals surface area contributed by atoms with E-state index in [9.17, 15) is 18.0 Å². The zero-order valence-corrected chi connectivity index (χ0v) is 14.3. The first-order chi connectivity index (χ1) is 12.3. The second-order valence-corrected chi connectivity index (χ2v) is 6.59. The fourth-order valence-corrected chi connectivity index (χ4v) is 3.38. The van der Waals surface area contributed by atoms with Crippen LogP contribution in [0.1, 0.15) is 29.1 Å². The molecular formula is C16H13ClF3N5O. The number of hydrogen-bond acceptors (Lipinski definition) is 3. The highest BCUT2D eigenvalue weighted by molar-refractivity contribution is 6.35. The average Bonchev–Trinajstić information content (AvgIpc) is 3.17. The lowest BCUT2D eigenvalue weighted by atomic mass is 10.2. The van der Waals surface area contributed by atoms with Gasteiger partial charge in [-0.15, -0.1) is 0 Å². The first kappa shape index (κ1) is 16.9. The standard InChI is InChI=1S/C16H13ClF3N5O/c1-8-6-25-9(5-21-15(25)16(18,19)20)7-24(8)14(26)13-22-11-4-2-3-10(17)12(11)23-13/h2-5,8H,6-7H2,1H3,(H,22,23)/t8-/m1/s1. The maximum atomic E-state index is 13.0. The zero-order valence-electron chi connectivity index (χ0n) is 13.5. The number of fused-ring (bicyclic) bond motifs is 2. The van der Waals surface area contributed by atoms with Crippen LogP contribution in [-0.4, -0.2) is 36.4 Å². The Kier molecular flexibility index (Phi) is 3.72. The Morgan fingerprint density at radius 1 is 1.38 bits per heavy atom. The number of nitrogens with zero attached hydrogens (tertiary/aromatic N) is 4. The summed E-state index contributed by atoms with van der Waals surface area (Å²) in [6, 6.07) is 4.70. The Balaban J connectivity index is 1.66. The van der Waals surface area contributed by atoms with Crippen molar-refractivity contribution in [3.63, 3.8) is 0 Å². The molecule has 0 saturated heterocycles. The van der Waals surface area contributed by atoms with Gasteiger partial charge in [0, 0.05) is 12.6 Å². The molecule has 1 amide bonds. The molecule has 1 aromatic carbocycles. The predicted octanol–water partition coefficient (Wildman–Crippen LogP) is 3.48. The number of H-pyrrole nitrogens is 1. The smallest absolute Gasteiger partial charge is 0.334 e. The number of aromatic nitrogens is 4. The minimum atomic E-state index is -4.53. The summed E-state index contributed by atoms with van der Waals surface area (Å²) >= 11 is 6.08. The third-order valence-electron chi connectivity index (χ3n) is 4.43. The van der Waals surface area contributed by atoms with E-state index in [4.69, 9.17) is 11.6 Å². The normalized spacial score (nSPS) is 17.6. The molecule has 1 aliphatic heterocycles. The highest BCUT2D eigenvalue weighted by Gasteiger charge is 2.40. The quantitative estimate of drug-likeness (QED) is 0.699.